The van der Waals surface area contributed by atoms with Crippen molar-refractivity contribution in [2.24, 2.45) is 0 Å². The van der Waals surface area contributed by atoms with Gasteiger partial charge in [-0.25, -0.2) is 4.79 Å². The maximum absolute atomic E-state index is 12.6. The summed E-state index contributed by atoms with van der Waals surface area (Å²) >= 11 is 6.22. The highest BCUT2D eigenvalue weighted by Gasteiger charge is 2.23. The molecule has 4 rings (SSSR count). The summed E-state index contributed by atoms with van der Waals surface area (Å²) in [5.74, 6) is 0.486. The third-order valence-corrected chi connectivity index (χ3v) is 6.18. The van der Waals surface area contributed by atoms with Gasteiger partial charge in [0.05, 0.1) is 12.2 Å². The van der Waals surface area contributed by atoms with Crippen molar-refractivity contribution in [3.05, 3.63) is 70.4 Å². The van der Waals surface area contributed by atoms with Crippen LogP contribution in [0.15, 0.2) is 53.1 Å². The SMILES string of the molecule is Cc1noc(-c2ccc(CN3CC(C)OC(C)C3)cc2)c1NC(=O)OC(C)c1ccccc1Cl. The molecular formula is C26H30ClN3O4. The number of aryl methyl sites for hydroxylation is 1. The monoisotopic (exact) mass is 483 g/mol. The molecule has 3 unspecified atom stereocenters. The number of carbonyl (C=O) groups is 1. The zero-order valence-corrected chi connectivity index (χ0v) is 20.6. The predicted molar refractivity (Wildman–Crippen MR) is 132 cm³/mol. The van der Waals surface area contributed by atoms with Crippen molar-refractivity contribution in [1.29, 1.82) is 0 Å². The first-order valence-corrected chi connectivity index (χ1v) is 11.8. The number of carbonyl (C=O) groups excluding carboxylic acids is 1. The van der Waals surface area contributed by atoms with Crippen molar-refractivity contribution in [2.45, 2.75) is 52.6 Å². The summed E-state index contributed by atoms with van der Waals surface area (Å²) in [5, 5.41) is 7.37. The standard InChI is InChI=1S/C26H30ClN3O4/c1-16-13-30(14-17(2)32-16)15-20-9-11-21(12-10-20)25-24(18(3)29-34-25)28-26(31)33-19(4)22-7-5-6-8-23(22)27/h5-12,16-17,19H,13-15H2,1-4H3,(H,28,31). The Bertz CT molecular complexity index is 1120. The number of rotatable bonds is 6. The lowest BCUT2D eigenvalue weighted by Crippen LogP contribution is -2.44. The number of anilines is 1. The van der Waals surface area contributed by atoms with Crippen LogP contribution < -0.4 is 5.32 Å². The minimum absolute atomic E-state index is 0.231. The van der Waals surface area contributed by atoms with Crippen LogP contribution in [0.5, 0.6) is 0 Å². The molecule has 8 heteroatoms. The number of hydrogen-bond acceptors (Lipinski definition) is 6. The third-order valence-electron chi connectivity index (χ3n) is 5.83. The Morgan fingerprint density at radius 1 is 1.18 bits per heavy atom. The lowest BCUT2D eigenvalue weighted by atomic mass is 10.1. The van der Waals surface area contributed by atoms with Gasteiger partial charge in [-0.05, 0) is 39.3 Å². The van der Waals surface area contributed by atoms with E-state index >= 15 is 0 Å². The summed E-state index contributed by atoms with van der Waals surface area (Å²) in [6.07, 6.45) is -0.655. The number of morpholine rings is 1. The molecule has 0 saturated carbocycles. The van der Waals surface area contributed by atoms with Crippen molar-refractivity contribution in [3.8, 4) is 11.3 Å². The zero-order chi connectivity index (χ0) is 24.2. The largest absolute Gasteiger partial charge is 0.441 e. The first-order chi connectivity index (χ1) is 16.3. The van der Waals surface area contributed by atoms with Crippen molar-refractivity contribution < 1.29 is 18.8 Å². The molecule has 0 spiro atoms. The zero-order valence-electron chi connectivity index (χ0n) is 19.9. The van der Waals surface area contributed by atoms with Crippen molar-refractivity contribution in [2.75, 3.05) is 18.4 Å². The summed E-state index contributed by atoms with van der Waals surface area (Å²) in [4.78, 5) is 15.0. The molecule has 1 aromatic heterocycles. The molecule has 0 radical (unpaired) electrons. The van der Waals surface area contributed by atoms with Crippen LogP contribution in [0.1, 0.15) is 43.7 Å². The van der Waals surface area contributed by atoms with E-state index in [1.54, 1.807) is 19.9 Å². The number of hydrogen-bond donors (Lipinski definition) is 1. The summed E-state index contributed by atoms with van der Waals surface area (Å²) in [7, 11) is 0. The van der Waals surface area contributed by atoms with E-state index < -0.39 is 12.2 Å². The fourth-order valence-corrected chi connectivity index (χ4v) is 4.60. The quantitative estimate of drug-likeness (QED) is 0.448. The van der Waals surface area contributed by atoms with Gasteiger partial charge in [0.25, 0.3) is 0 Å². The first kappa shape index (κ1) is 24.3. The molecule has 2 heterocycles. The second kappa shape index (κ2) is 10.6. The van der Waals surface area contributed by atoms with E-state index in [1.807, 2.05) is 30.3 Å². The van der Waals surface area contributed by atoms with Crippen molar-refractivity contribution in [1.82, 2.24) is 10.1 Å². The molecule has 3 aromatic rings. The lowest BCUT2D eigenvalue weighted by Gasteiger charge is -2.35. The van der Waals surface area contributed by atoms with Gasteiger partial charge in [0, 0.05) is 35.8 Å². The molecule has 34 heavy (non-hydrogen) atoms. The second-order valence-corrected chi connectivity index (χ2v) is 9.22. The number of nitrogens with one attached hydrogen (secondary N) is 1. The van der Waals surface area contributed by atoms with Gasteiger partial charge in [-0.2, -0.15) is 0 Å². The molecule has 2 aromatic carbocycles. The number of aromatic nitrogens is 1. The highest BCUT2D eigenvalue weighted by Crippen LogP contribution is 2.32. The van der Waals surface area contributed by atoms with Crippen LogP contribution in [0, 0.1) is 6.92 Å². The first-order valence-electron chi connectivity index (χ1n) is 11.5. The number of benzene rings is 2. The van der Waals surface area contributed by atoms with E-state index in [9.17, 15) is 4.79 Å². The summed E-state index contributed by atoms with van der Waals surface area (Å²) in [5.41, 5.74) is 3.81. The van der Waals surface area contributed by atoms with Gasteiger partial charge in [-0.3, -0.25) is 10.2 Å². The Labute approximate surface area is 205 Å². The Kier molecular flexibility index (Phi) is 7.56. The number of ether oxygens (including phenoxy) is 2. The van der Waals surface area contributed by atoms with E-state index in [4.69, 9.17) is 25.6 Å². The van der Waals surface area contributed by atoms with E-state index in [-0.39, 0.29) is 12.2 Å². The van der Waals surface area contributed by atoms with Crippen molar-refractivity contribution >= 4 is 23.4 Å². The average molecular weight is 484 g/mol. The molecule has 1 fully saturated rings. The van der Waals surface area contributed by atoms with Crippen LogP contribution >= 0.6 is 11.6 Å². The molecule has 1 N–H and O–H groups in total. The number of nitrogens with zero attached hydrogens (tertiary/aromatic N) is 2. The van der Waals surface area contributed by atoms with Crippen LogP contribution in [0.25, 0.3) is 11.3 Å². The summed E-state index contributed by atoms with van der Waals surface area (Å²) in [6.45, 7) is 10.4. The molecular weight excluding hydrogens is 454 g/mol. The number of halogens is 1. The average Bonchev–Trinajstić information content (AvgIpc) is 3.13. The summed E-state index contributed by atoms with van der Waals surface area (Å²) < 4.78 is 16.9. The fraction of sp³-hybridized carbons (Fsp3) is 0.385. The highest BCUT2D eigenvalue weighted by molar-refractivity contribution is 6.31. The molecule has 3 atom stereocenters. The maximum atomic E-state index is 12.6. The second-order valence-electron chi connectivity index (χ2n) is 8.81. The minimum atomic E-state index is -0.604. The Morgan fingerprint density at radius 3 is 2.53 bits per heavy atom. The van der Waals surface area contributed by atoms with Gasteiger partial charge in [-0.1, -0.05) is 59.2 Å². The van der Waals surface area contributed by atoms with Gasteiger partial charge in [-0.15, -0.1) is 0 Å². The molecule has 1 aliphatic heterocycles. The van der Waals surface area contributed by atoms with Crippen LogP contribution in [-0.4, -0.2) is 41.4 Å². The Morgan fingerprint density at radius 2 is 1.85 bits per heavy atom. The lowest BCUT2D eigenvalue weighted by molar-refractivity contribution is -0.0704. The van der Waals surface area contributed by atoms with Gasteiger partial charge < -0.3 is 14.0 Å². The third kappa shape index (κ3) is 5.78. The van der Waals surface area contributed by atoms with Crippen LogP contribution in [0.4, 0.5) is 10.5 Å². The van der Waals surface area contributed by atoms with E-state index in [2.05, 4.69) is 41.4 Å². The molecule has 0 aliphatic carbocycles. The normalized spacial score (nSPS) is 19.6. The van der Waals surface area contributed by atoms with Gasteiger partial charge in [0.15, 0.2) is 5.76 Å². The maximum Gasteiger partial charge on any atom is 0.412 e. The minimum Gasteiger partial charge on any atom is -0.441 e. The topological polar surface area (TPSA) is 76.8 Å². The van der Waals surface area contributed by atoms with Crippen LogP contribution in [0.3, 0.4) is 0 Å². The predicted octanol–water partition coefficient (Wildman–Crippen LogP) is 6.22. The number of amides is 1. The van der Waals surface area contributed by atoms with Crippen LogP contribution in [-0.2, 0) is 16.0 Å². The van der Waals surface area contributed by atoms with Gasteiger partial charge in [0.2, 0.25) is 0 Å². The molecule has 1 amide bonds. The Hall–Kier alpha value is -2.87. The van der Waals surface area contributed by atoms with E-state index in [0.29, 0.717) is 22.2 Å². The van der Waals surface area contributed by atoms with Crippen LogP contribution in [0.2, 0.25) is 5.02 Å². The molecule has 180 valence electrons. The molecule has 1 saturated heterocycles. The summed E-state index contributed by atoms with van der Waals surface area (Å²) in [6, 6.07) is 15.4. The smallest absolute Gasteiger partial charge is 0.412 e. The van der Waals surface area contributed by atoms with Gasteiger partial charge >= 0.3 is 6.09 Å². The van der Waals surface area contributed by atoms with E-state index in [1.165, 1.54) is 5.56 Å². The van der Waals surface area contributed by atoms with Crippen molar-refractivity contribution in [3.63, 3.8) is 0 Å². The highest BCUT2D eigenvalue weighted by atomic mass is 35.5. The molecule has 1 aliphatic rings. The Balaban J connectivity index is 1.43. The van der Waals surface area contributed by atoms with Gasteiger partial charge in [0.1, 0.15) is 17.5 Å². The molecule has 7 nitrogen and oxygen atoms in total. The fourth-order valence-electron chi connectivity index (χ4n) is 4.31. The van der Waals surface area contributed by atoms with E-state index in [0.717, 1.165) is 30.8 Å². The molecule has 0 bridgehead atoms.